The molecule has 4 heteroatoms. The van der Waals surface area contributed by atoms with E-state index in [9.17, 15) is 0 Å². The summed E-state index contributed by atoms with van der Waals surface area (Å²) in [7, 11) is 0. The van der Waals surface area contributed by atoms with Crippen LogP contribution in [-0.4, -0.2) is 6.88 Å². The number of fused-ring (bicyclic) bond motifs is 2. The van der Waals surface area contributed by atoms with Crippen LogP contribution in [0.1, 0.15) is 124 Å². The molecular formula is C49H60Cl2SiZr-4. The van der Waals surface area contributed by atoms with E-state index in [0.717, 1.165) is 11.8 Å². The molecule has 6 aromatic rings. The molecule has 282 valence electrons. The Morgan fingerprint density at radius 1 is 0.604 bits per heavy atom. The SMILES string of the molecule is CCC(C)c1cc2c(-c3ccc(C4CCCCC4)cc3)cccc2[cH-]1.Cc1cc2c(-c3ccc(C4CCCCC4)cc3)cccc2[cH-]1.Cl.Cl.[CH3-].[CH3-].[Si]=[Zr]. The van der Waals surface area contributed by atoms with Gasteiger partial charge in [0.25, 0.3) is 0 Å². The van der Waals surface area contributed by atoms with Crippen molar-refractivity contribution in [2.45, 2.75) is 109 Å². The first-order chi connectivity index (χ1) is 24.1. The molecule has 2 fully saturated rings. The molecule has 0 N–H and O–H groups in total. The zero-order chi connectivity index (χ0) is 34.2. The molecule has 2 saturated carbocycles. The fraction of sp³-hybridized carbons (Fsp3) is 0.347. The first kappa shape index (κ1) is 46.9. The van der Waals surface area contributed by atoms with Gasteiger partial charge in [0.2, 0.25) is 0 Å². The predicted molar refractivity (Wildman–Crippen MR) is 238 cm³/mol. The minimum atomic E-state index is 0. The van der Waals surface area contributed by atoms with Crippen molar-refractivity contribution in [3.63, 3.8) is 0 Å². The van der Waals surface area contributed by atoms with Gasteiger partial charge in [-0.1, -0.05) is 138 Å². The van der Waals surface area contributed by atoms with Crippen molar-refractivity contribution in [1.82, 2.24) is 0 Å². The van der Waals surface area contributed by atoms with Gasteiger partial charge in [0.05, 0.1) is 0 Å². The second-order valence-electron chi connectivity index (χ2n) is 14.7. The molecule has 1 atom stereocenters. The van der Waals surface area contributed by atoms with Gasteiger partial charge in [-0.25, -0.2) is 0 Å². The van der Waals surface area contributed by atoms with E-state index in [-0.39, 0.29) is 39.7 Å². The molecule has 0 heterocycles. The summed E-state index contributed by atoms with van der Waals surface area (Å²) in [5.41, 5.74) is 11.3. The molecule has 2 radical (unpaired) electrons. The van der Waals surface area contributed by atoms with Gasteiger partial charge in [0.15, 0.2) is 0 Å². The zero-order valence-electron chi connectivity index (χ0n) is 32.7. The van der Waals surface area contributed by atoms with Crippen molar-refractivity contribution in [3.05, 3.63) is 146 Å². The van der Waals surface area contributed by atoms with Gasteiger partial charge in [-0.15, -0.1) is 93.9 Å². The molecule has 0 aromatic heterocycles. The standard InChI is InChI=1S/C25H29.C22H23.2CH3.2ClH.Si.Zr/c1-3-18(2)23-16-22-10-7-11-24(25(22)17-23)21-14-12-20(13-15-21)19-8-5-4-6-9-19;1-16-14-20-8-5-9-21(22(20)15-16)19-12-10-18(11-13-19)17-6-3-2-4-7-17;;;;;;/h7,10-19H,3-6,8-9H2,1-2H3;5,8-15,17H,2-4,6-7H2,1H3;2*1H3;2*1H;;/q4*-1;;;;. The van der Waals surface area contributed by atoms with E-state index in [1.807, 2.05) is 0 Å². The van der Waals surface area contributed by atoms with Gasteiger partial charge in [-0.05, 0) is 65.7 Å². The molecule has 1 unspecified atom stereocenters. The fourth-order valence-electron chi connectivity index (χ4n) is 8.41. The van der Waals surface area contributed by atoms with Crippen LogP contribution < -0.4 is 0 Å². The summed E-state index contributed by atoms with van der Waals surface area (Å²) >= 11 is 1.36. The average Bonchev–Trinajstić information content (AvgIpc) is 3.80. The minimum absolute atomic E-state index is 0. The van der Waals surface area contributed by atoms with Crippen molar-refractivity contribution in [2.75, 3.05) is 0 Å². The molecule has 2 aliphatic rings. The van der Waals surface area contributed by atoms with Gasteiger partial charge in [-0.3, -0.25) is 0 Å². The Bertz CT molecular complexity index is 1920. The summed E-state index contributed by atoms with van der Waals surface area (Å²) in [6, 6.07) is 41.5. The summed E-state index contributed by atoms with van der Waals surface area (Å²) < 4.78 is 0. The fourth-order valence-corrected chi connectivity index (χ4v) is 8.41. The van der Waals surface area contributed by atoms with Crippen molar-refractivity contribution >= 4 is 53.2 Å². The third-order valence-electron chi connectivity index (χ3n) is 11.4. The number of benzene rings is 4. The monoisotopic (exact) mass is 836 g/mol. The maximum absolute atomic E-state index is 3.06. The summed E-state index contributed by atoms with van der Waals surface area (Å²) in [4.78, 5) is 0. The predicted octanol–water partition coefficient (Wildman–Crippen LogP) is 15.7. The second-order valence-corrected chi connectivity index (χ2v) is 14.7. The number of hydrogen-bond acceptors (Lipinski definition) is 0. The topological polar surface area (TPSA) is 0 Å². The van der Waals surface area contributed by atoms with E-state index in [2.05, 4.69) is 137 Å². The van der Waals surface area contributed by atoms with Crippen LogP contribution in [0.4, 0.5) is 0 Å². The summed E-state index contributed by atoms with van der Waals surface area (Å²) in [5, 5.41) is 5.52. The van der Waals surface area contributed by atoms with Crippen molar-refractivity contribution in [1.29, 1.82) is 0 Å². The summed E-state index contributed by atoms with van der Waals surface area (Å²) in [6.07, 6.45) is 15.1. The Balaban J connectivity index is 0.000000329. The van der Waals surface area contributed by atoms with Gasteiger partial charge in [-0.2, -0.15) is 12.1 Å². The van der Waals surface area contributed by atoms with E-state index in [0.29, 0.717) is 5.92 Å². The van der Waals surface area contributed by atoms with Crippen molar-refractivity contribution < 1.29 is 23.3 Å². The van der Waals surface area contributed by atoms with Crippen molar-refractivity contribution in [2.24, 2.45) is 0 Å². The molecule has 0 saturated heterocycles. The average molecular weight is 839 g/mol. The van der Waals surface area contributed by atoms with E-state index in [4.69, 9.17) is 0 Å². The van der Waals surface area contributed by atoms with E-state index < -0.39 is 0 Å². The molecular weight excluding hydrogens is 779 g/mol. The van der Waals surface area contributed by atoms with Gasteiger partial charge < -0.3 is 14.9 Å². The molecule has 0 spiro atoms. The molecule has 0 nitrogen and oxygen atoms in total. The van der Waals surface area contributed by atoms with E-state index in [1.165, 1.54) is 154 Å². The number of aryl methyl sites for hydroxylation is 1. The van der Waals surface area contributed by atoms with Crippen LogP contribution in [0.3, 0.4) is 0 Å². The summed E-state index contributed by atoms with van der Waals surface area (Å²) in [5.74, 6) is 2.21. The van der Waals surface area contributed by atoms with Crippen LogP contribution in [0.25, 0.3) is 43.8 Å². The molecule has 0 aliphatic heterocycles. The summed E-state index contributed by atoms with van der Waals surface area (Å²) in [6.45, 7) is 9.84. The Kier molecular flexibility index (Phi) is 20.4. The first-order valence-electron chi connectivity index (χ1n) is 18.9. The normalized spacial score (nSPS) is 14.8. The third-order valence-corrected chi connectivity index (χ3v) is 11.4. The first-order valence-corrected chi connectivity index (χ1v) is 23.1. The van der Waals surface area contributed by atoms with Gasteiger partial charge in [0.1, 0.15) is 0 Å². The van der Waals surface area contributed by atoms with Crippen molar-refractivity contribution in [3.8, 4) is 22.3 Å². The molecule has 8 rings (SSSR count). The van der Waals surface area contributed by atoms with Crippen LogP contribution >= 0.6 is 24.8 Å². The van der Waals surface area contributed by atoms with Gasteiger partial charge >= 0.3 is 30.2 Å². The van der Waals surface area contributed by atoms with Gasteiger partial charge in [0, 0.05) is 0 Å². The molecule has 0 bridgehead atoms. The Hall–Kier alpha value is -2.22. The Morgan fingerprint density at radius 2 is 1.02 bits per heavy atom. The number of rotatable bonds is 6. The Morgan fingerprint density at radius 3 is 1.45 bits per heavy atom. The molecule has 2 aliphatic carbocycles. The molecule has 0 amide bonds. The van der Waals surface area contributed by atoms with Crippen LogP contribution in [0, 0.1) is 21.8 Å². The quantitative estimate of drug-likeness (QED) is 0.116. The number of hydrogen-bond donors (Lipinski definition) is 0. The second kappa shape index (κ2) is 23.0. The van der Waals surface area contributed by atoms with Crippen LogP contribution in [0.2, 0.25) is 0 Å². The molecule has 53 heavy (non-hydrogen) atoms. The molecule has 6 aromatic carbocycles. The third kappa shape index (κ3) is 11.4. The van der Waals surface area contributed by atoms with E-state index >= 15 is 0 Å². The number of halogens is 2. The van der Waals surface area contributed by atoms with Crippen LogP contribution in [-0.2, 0) is 23.3 Å². The zero-order valence-corrected chi connectivity index (χ0v) is 37.8. The maximum atomic E-state index is 3.06. The van der Waals surface area contributed by atoms with Crippen LogP contribution in [0.15, 0.2) is 109 Å². The van der Waals surface area contributed by atoms with Crippen LogP contribution in [0.5, 0.6) is 0 Å². The van der Waals surface area contributed by atoms with E-state index in [1.54, 1.807) is 5.56 Å². The Labute approximate surface area is 351 Å².